The number of hydrogen-bond donors (Lipinski definition) is 2. The molecule has 0 amide bonds. The maximum Gasteiger partial charge on any atom is 0.191 e. The molecule has 0 aliphatic heterocycles. The second-order valence-electron chi connectivity index (χ2n) is 7.13. The van der Waals surface area contributed by atoms with Crippen molar-refractivity contribution < 1.29 is 4.74 Å². The number of guanidine groups is 1. The average Bonchev–Trinajstić information content (AvgIpc) is 3.35. The molecular weight excluding hydrogens is 262 g/mol. The Hall–Kier alpha value is -0.770. The lowest BCUT2D eigenvalue weighted by molar-refractivity contribution is 0.123. The van der Waals surface area contributed by atoms with Crippen LogP contribution in [0.3, 0.4) is 0 Å². The van der Waals surface area contributed by atoms with E-state index in [1.807, 2.05) is 0 Å². The van der Waals surface area contributed by atoms with Gasteiger partial charge in [0.15, 0.2) is 5.96 Å². The van der Waals surface area contributed by atoms with Crippen molar-refractivity contribution in [2.45, 2.75) is 51.9 Å². The van der Waals surface area contributed by atoms with Crippen molar-refractivity contribution in [2.75, 3.05) is 32.8 Å². The minimum absolute atomic E-state index is 0.593. The van der Waals surface area contributed by atoms with Gasteiger partial charge in [-0.15, -0.1) is 0 Å². The summed E-state index contributed by atoms with van der Waals surface area (Å²) in [5.41, 5.74) is 0.593. The highest BCUT2D eigenvalue weighted by atomic mass is 16.5. The molecule has 120 valence electrons. The molecular formula is C17H31N3O. The monoisotopic (exact) mass is 293 g/mol. The summed E-state index contributed by atoms with van der Waals surface area (Å²) >= 11 is 0. The maximum absolute atomic E-state index is 5.66. The smallest absolute Gasteiger partial charge is 0.191 e. The van der Waals surface area contributed by atoms with E-state index >= 15 is 0 Å². The predicted octanol–water partition coefficient (Wildman–Crippen LogP) is 2.55. The molecule has 3 saturated carbocycles. The molecule has 3 aliphatic rings. The Morgan fingerprint density at radius 3 is 2.62 bits per heavy atom. The van der Waals surface area contributed by atoms with E-state index in [-0.39, 0.29) is 0 Å². The molecule has 0 spiro atoms. The molecule has 0 aromatic heterocycles. The lowest BCUT2D eigenvalue weighted by Gasteiger charge is -2.15. The number of hydrogen-bond acceptors (Lipinski definition) is 2. The van der Waals surface area contributed by atoms with Crippen LogP contribution in [-0.4, -0.2) is 38.8 Å². The summed E-state index contributed by atoms with van der Waals surface area (Å²) in [6.07, 6.45) is 9.49. The van der Waals surface area contributed by atoms with E-state index in [2.05, 4.69) is 17.6 Å². The topological polar surface area (TPSA) is 45.7 Å². The van der Waals surface area contributed by atoms with Crippen LogP contribution < -0.4 is 10.6 Å². The first-order valence-electron chi connectivity index (χ1n) is 8.92. The predicted molar refractivity (Wildman–Crippen MR) is 86.5 cm³/mol. The lowest BCUT2D eigenvalue weighted by Crippen LogP contribution is -2.38. The van der Waals surface area contributed by atoms with Crippen LogP contribution in [0.15, 0.2) is 4.99 Å². The molecule has 0 aromatic rings. The van der Waals surface area contributed by atoms with E-state index in [1.165, 1.54) is 38.5 Å². The Kier molecular flexibility index (Phi) is 5.04. The molecule has 3 aliphatic carbocycles. The zero-order valence-electron chi connectivity index (χ0n) is 13.5. The molecule has 4 nitrogen and oxygen atoms in total. The summed E-state index contributed by atoms with van der Waals surface area (Å²) in [4.78, 5) is 4.82. The van der Waals surface area contributed by atoms with E-state index in [1.54, 1.807) is 0 Å². The fourth-order valence-corrected chi connectivity index (χ4v) is 3.05. The largest absolute Gasteiger partial charge is 0.381 e. The average molecular weight is 293 g/mol. The van der Waals surface area contributed by atoms with Crippen LogP contribution in [0.2, 0.25) is 0 Å². The van der Waals surface area contributed by atoms with Gasteiger partial charge in [-0.2, -0.15) is 0 Å². The van der Waals surface area contributed by atoms with Crippen molar-refractivity contribution in [2.24, 2.45) is 22.2 Å². The van der Waals surface area contributed by atoms with E-state index < -0.39 is 0 Å². The minimum Gasteiger partial charge on any atom is -0.381 e. The fourth-order valence-electron chi connectivity index (χ4n) is 3.05. The third kappa shape index (κ3) is 4.87. The summed E-state index contributed by atoms with van der Waals surface area (Å²) in [5, 5.41) is 6.80. The van der Waals surface area contributed by atoms with Gasteiger partial charge in [-0.1, -0.05) is 0 Å². The third-order valence-electron chi connectivity index (χ3n) is 5.04. The molecule has 2 N–H and O–H groups in total. The molecule has 3 fully saturated rings. The van der Waals surface area contributed by atoms with Gasteiger partial charge in [-0.3, -0.25) is 4.99 Å². The zero-order valence-corrected chi connectivity index (χ0v) is 13.5. The van der Waals surface area contributed by atoms with Crippen molar-refractivity contribution in [3.63, 3.8) is 0 Å². The Morgan fingerprint density at radius 1 is 1.19 bits per heavy atom. The van der Waals surface area contributed by atoms with Gasteiger partial charge >= 0.3 is 0 Å². The Balaban J connectivity index is 1.31. The van der Waals surface area contributed by atoms with Crippen LogP contribution in [0.5, 0.6) is 0 Å². The summed E-state index contributed by atoms with van der Waals surface area (Å²) in [6.45, 7) is 6.87. The van der Waals surface area contributed by atoms with Crippen molar-refractivity contribution in [3.05, 3.63) is 0 Å². The molecule has 0 heterocycles. The van der Waals surface area contributed by atoms with Crippen LogP contribution in [0, 0.1) is 17.3 Å². The lowest BCUT2D eigenvalue weighted by atomic mass is 10.0. The van der Waals surface area contributed by atoms with Gasteiger partial charge < -0.3 is 15.4 Å². The first-order chi connectivity index (χ1) is 10.3. The molecule has 4 heteroatoms. The second-order valence-corrected chi connectivity index (χ2v) is 7.13. The van der Waals surface area contributed by atoms with Gasteiger partial charge in [-0.25, -0.2) is 0 Å². The maximum atomic E-state index is 5.66. The molecule has 21 heavy (non-hydrogen) atoms. The van der Waals surface area contributed by atoms with Crippen molar-refractivity contribution >= 4 is 5.96 Å². The van der Waals surface area contributed by atoms with Crippen molar-refractivity contribution in [1.29, 1.82) is 0 Å². The van der Waals surface area contributed by atoms with Gasteiger partial charge in [0.2, 0.25) is 0 Å². The van der Waals surface area contributed by atoms with Gasteiger partial charge in [0.05, 0.1) is 0 Å². The summed E-state index contributed by atoms with van der Waals surface area (Å²) in [5.74, 6) is 2.85. The molecule has 0 aromatic carbocycles. The summed E-state index contributed by atoms with van der Waals surface area (Å²) < 4.78 is 5.66. The highest BCUT2D eigenvalue weighted by Gasteiger charge is 2.53. The summed E-state index contributed by atoms with van der Waals surface area (Å²) in [6, 6.07) is 0. The molecule has 0 unspecified atom stereocenters. The third-order valence-corrected chi connectivity index (χ3v) is 5.04. The first-order valence-corrected chi connectivity index (χ1v) is 8.92. The summed E-state index contributed by atoms with van der Waals surface area (Å²) in [7, 11) is 0. The molecule has 3 rings (SSSR count). The van der Waals surface area contributed by atoms with Crippen molar-refractivity contribution in [1.82, 2.24) is 10.6 Å². The molecule has 0 bridgehead atoms. The molecule has 0 radical (unpaired) electrons. The van der Waals surface area contributed by atoms with Crippen LogP contribution in [0.4, 0.5) is 0 Å². The number of ether oxygens (including phenoxy) is 1. The van der Waals surface area contributed by atoms with E-state index in [9.17, 15) is 0 Å². The van der Waals surface area contributed by atoms with Gasteiger partial charge in [0.25, 0.3) is 0 Å². The number of nitrogens with one attached hydrogen (secondary N) is 2. The zero-order chi connectivity index (χ0) is 14.5. The molecule has 0 saturated heterocycles. The molecule has 0 atom stereocenters. The highest BCUT2D eigenvalue weighted by Crippen LogP contribution is 2.61. The Bertz CT molecular complexity index is 357. The van der Waals surface area contributed by atoms with Crippen molar-refractivity contribution in [3.8, 4) is 0 Å². The quantitative estimate of drug-likeness (QED) is 0.370. The number of rotatable bonds is 10. The Morgan fingerprint density at radius 2 is 2.00 bits per heavy atom. The fraction of sp³-hybridized carbons (Fsp3) is 0.941. The van der Waals surface area contributed by atoms with Gasteiger partial charge in [-0.05, 0) is 69.1 Å². The van der Waals surface area contributed by atoms with Gasteiger partial charge in [0, 0.05) is 32.8 Å². The minimum atomic E-state index is 0.593. The number of nitrogens with zero attached hydrogens (tertiary/aromatic N) is 1. The van der Waals surface area contributed by atoms with Crippen LogP contribution in [0.25, 0.3) is 0 Å². The van der Waals surface area contributed by atoms with Crippen LogP contribution in [0.1, 0.15) is 51.9 Å². The first kappa shape index (κ1) is 15.1. The standard InChI is InChI=1S/C17H31N3O/c1-2-18-16(19-10-3-11-21-12-14-4-5-14)20-13-17(8-9-17)15-6-7-15/h14-15H,2-13H2,1H3,(H2,18,19,20). The SMILES string of the molecule is CCNC(=NCC1(C2CC2)CC1)NCCCOCC1CC1. The van der Waals surface area contributed by atoms with Crippen LogP contribution in [-0.2, 0) is 4.74 Å². The highest BCUT2D eigenvalue weighted by molar-refractivity contribution is 5.79. The number of aliphatic imine (C=N–C) groups is 1. The Labute approximate surface area is 129 Å². The van der Waals surface area contributed by atoms with Gasteiger partial charge in [0.1, 0.15) is 0 Å². The van der Waals surface area contributed by atoms with E-state index in [4.69, 9.17) is 9.73 Å². The second kappa shape index (κ2) is 6.99. The van der Waals surface area contributed by atoms with E-state index in [0.29, 0.717) is 5.41 Å². The van der Waals surface area contributed by atoms with E-state index in [0.717, 1.165) is 57.1 Å². The normalized spacial score (nSPS) is 24.0. The van der Waals surface area contributed by atoms with Crippen LogP contribution >= 0.6 is 0 Å².